The van der Waals surface area contributed by atoms with Crippen LogP contribution in [0.1, 0.15) is 24.0 Å². The number of benzene rings is 2. The van der Waals surface area contributed by atoms with E-state index in [1.54, 1.807) is 18.0 Å². The van der Waals surface area contributed by atoms with Crippen molar-refractivity contribution >= 4 is 46.2 Å². The number of hydrogen-bond donors (Lipinski definition) is 2. The van der Waals surface area contributed by atoms with Crippen molar-refractivity contribution in [2.45, 2.75) is 19.0 Å². The standard InChI is InChI=1S/C24H28ClN5OS/c1-29-12-6-7-16(15-29)14-26-24(32)28-22-23(31)30(2)20-11-10-18(25)13-19(20)21(27-22)17-8-4-3-5-9-17/h3-5,8-11,13,16,22H,6-7,12,14-15H2,1-2H3,(H2,26,28,32). The molecule has 2 aromatic carbocycles. The fraction of sp³-hybridized carbons (Fsp3) is 0.375. The van der Waals surface area contributed by atoms with Crippen LogP contribution in [0.15, 0.2) is 53.5 Å². The van der Waals surface area contributed by atoms with Gasteiger partial charge < -0.3 is 20.4 Å². The zero-order valence-electron chi connectivity index (χ0n) is 18.3. The molecule has 2 aliphatic heterocycles. The SMILES string of the molecule is CN1CCCC(CNC(=S)NC2N=C(c3ccccc3)c3cc(Cl)ccc3N(C)C2=O)C1. The molecule has 2 unspecified atom stereocenters. The first-order valence-corrected chi connectivity index (χ1v) is 11.6. The number of likely N-dealkylation sites (N-methyl/N-ethyl adjacent to an activating group) is 1. The number of benzodiazepines with no additional fused rings is 1. The minimum atomic E-state index is -0.838. The third kappa shape index (κ3) is 5.11. The van der Waals surface area contributed by atoms with Crippen LogP contribution in [-0.4, -0.2) is 61.5 Å². The molecule has 2 heterocycles. The van der Waals surface area contributed by atoms with Crippen LogP contribution >= 0.6 is 23.8 Å². The molecule has 32 heavy (non-hydrogen) atoms. The second kappa shape index (κ2) is 9.98. The first-order valence-electron chi connectivity index (χ1n) is 10.9. The summed E-state index contributed by atoms with van der Waals surface area (Å²) in [5.74, 6) is 0.358. The van der Waals surface area contributed by atoms with E-state index in [0.29, 0.717) is 21.8 Å². The molecule has 2 aliphatic rings. The van der Waals surface area contributed by atoms with E-state index < -0.39 is 6.17 Å². The number of anilines is 1. The van der Waals surface area contributed by atoms with Gasteiger partial charge in [-0.25, -0.2) is 4.99 Å². The average Bonchev–Trinajstić information content (AvgIpc) is 2.89. The van der Waals surface area contributed by atoms with Crippen LogP contribution in [-0.2, 0) is 4.79 Å². The number of likely N-dealkylation sites (tertiary alicyclic amines) is 1. The average molecular weight is 470 g/mol. The zero-order valence-corrected chi connectivity index (χ0v) is 19.9. The van der Waals surface area contributed by atoms with Crippen molar-refractivity contribution in [3.05, 3.63) is 64.7 Å². The van der Waals surface area contributed by atoms with Crippen LogP contribution in [0.3, 0.4) is 0 Å². The molecule has 0 aromatic heterocycles. The van der Waals surface area contributed by atoms with Gasteiger partial charge in [-0.3, -0.25) is 4.79 Å². The van der Waals surface area contributed by atoms with E-state index in [-0.39, 0.29) is 5.91 Å². The van der Waals surface area contributed by atoms with Gasteiger partial charge in [0, 0.05) is 36.3 Å². The van der Waals surface area contributed by atoms with Crippen LogP contribution in [0.4, 0.5) is 5.69 Å². The van der Waals surface area contributed by atoms with Gasteiger partial charge >= 0.3 is 0 Å². The second-order valence-corrected chi connectivity index (χ2v) is 9.27. The van der Waals surface area contributed by atoms with Crippen molar-refractivity contribution in [2.24, 2.45) is 10.9 Å². The van der Waals surface area contributed by atoms with Crippen LogP contribution in [0, 0.1) is 5.92 Å². The molecule has 1 amide bonds. The highest BCUT2D eigenvalue weighted by molar-refractivity contribution is 7.80. The molecular weight excluding hydrogens is 442 g/mol. The zero-order chi connectivity index (χ0) is 22.7. The smallest absolute Gasteiger partial charge is 0.272 e. The van der Waals surface area contributed by atoms with Crippen LogP contribution in [0.25, 0.3) is 0 Å². The summed E-state index contributed by atoms with van der Waals surface area (Å²) in [6, 6.07) is 15.3. The van der Waals surface area contributed by atoms with Crippen molar-refractivity contribution < 1.29 is 4.79 Å². The van der Waals surface area contributed by atoms with Crippen molar-refractivity contribution in [3.63, 3.8) is 0 Å². The number of piperidine rings is 1. The topological polar surface area (TPSA) is 60.0 Å². The van der Waals surface area contributed by atoms with Gasteiger partial charge in [0.25, 0.3) is 5.91 Å². The Morgan fingerprint density at radius 3 is 2.75 bits per heavy atom. The number of nitrogens with zero attached hydrogens (tertiary/aromatic N) is 3. The van der Waals surface area contributed by atoms with E-state index in [1.165, 1.54) is 12.8 Å². The van der Waals surface area contributed by atoms with Gasteiger partial charge in [-0.1, -0.05) is 41.9 Å². The Bertz CT molecular complexity index is 1030. The van der Waals surface area contributed by atoms with Crippen LogP contribution < -0.4 is 15.5 Å². The fourth-order valence-corrected chi connectivity index (χ4v) is 4.69. The monoisotopic (exact) mass is 469 g/mol. The minimum absolute atomic E-state index is 0.180. The number of aliphatic imine (C=N–C) groups is 1. The largest absolute Gasteiger partial charge is 0.362 e. The number of fused-ring (bicyclic) bond motifs is 1. The molecular formula is C24H28ClN5OS. The van der Waals surface area contributed by atoms with E-state index in [9.17, 15) is 4.79 Å². The van der Waals surface area contributed by atoms with E-state index in [0.717, 1.165) is 36.4 Å². The number of hydrogen-bond acceptors (Lipinski definition) is 4. The summed E-state index contributed by atoms with van der Waals surface area (Å²) >= 11 is 11.8. The highest BCUT2D eigenvalue weighted by atomic mass is 35.5. The van der Waals surface area contributed by atoms with Crippen molar-refractivity contribution in [1.82, 2.24) is 15.5 Å². The van der Waals surface area contributed by atoms with Gasteiger partial charge in [0.05, 0.1) is 11.4 Å². The molecule has 8 heteroatoms. The number of nitrogens with one attached hydrogen (secondary N) is 2. The Labute approximate surface area is 199 Å². The summed E-state index contributed by atoms with van der Waals surface area (Å²) in [6.07, 6.45) is 1.54. The van der Waals surface area contributed by atoms with Crippen molar-refractivity contribution in [3.8, 4) is 0 Å². The molecule has 2 aromatic rings. The number of carbonyl (C=O) groups is 1. The molecule has 0 spiro atoms. The summed E-state index contributed by atoms with van der Waals surface area (Å²) in [4.78, 5) is 22.1. The lowest BCUT2D eigenvalue weighted by Gasteiger charge is -2.30. The molecule has 6 nitrogen and oxygen atoms in total. The molecule has 0 aliphatic carbocycles. The fourth-order valence-electron chi connectivity index (χ4n) is 4.32. The Morgan fingerprint density at radius 1 is 1.22 bits per heavy atom. The van der Waals surface area contributed by atoms with Crippen molar-refractivity contribution in [1.29, 1.82) is 0 Å². The molecule has 2 atom stereocenters. The Hall–Kier alpha value is -2.48. The lowest BCUT2D eigenvalue weighted by atomic mass is 9.99. The summed E-state index contributed by atoms with van der Waals surface area (Å²) in [5, 5.41) is 7.45. The molecule has 1 fully saturated rings. The lowest BCUT2D eigenvalue weighted by Crippen LogP contribution is -2.50. The predicted molar refractivity (Wildman–Crippen MR) is 135 cm³/mol. The Morgan fingerprint density at radius 2 is 2.00 bits per heavy atom. The Balaban J connectivity index is 1.58. The summed E-state index contributed by atoms with van der Waals surface area (Å²) < 4.78 is 0. The number of amides is 1. The second-order valence-electron chi connectivity index (χ2n) is 8.43. The van der Waals surface area contributed by atoms with E-state index in [1.807, 2.05) is 42.5 Å². The third-order valence-corrected chi connectivity index (χ3v) is 6.48. The first-order chi connectivity index (χ1) is 15.4. The molecule has 168 valence electrons. The van der Waals surface area contributed by atoms with Gasteiger partial charge in [0.1, 0.15) is 0 Å². The Kier molecular flexibility index (Phi) is 7.08. The summed E-state index contributed by atoms with van der Waals surface area (Å²) in [7, 11) is 3.90. The van der Waals surface area contributed by atoms with Gasteiger partial charge in [-0.2, -0.15) is 0 Å². The number of thiocarbonyl (C=S) groups is 1. The molecule has 0 bridgehead atoms. The lowest BCUT2D eigenvalue weighted by molar-refractivity contribution is -0.119. The van der Waals surface area contributed by atoms with Crippen LogP contribution in [0.2, 0.25) is 5.02 Å². The van der Waals surface area contributed by atoms with Gasteiger partial charge in [0.2, 0.25) is 6.17 Å². The van der Waals surface area contributed by atoms with E-state index >= 15 is 0 Å². The quantitative estimate of drug-likeness (QED) is 0.673. The number of halogens is 1. The minimum Gasteiger partial charge on any atom is -0.362 e. The van der Waals surface area contributed by atoms with Crippen molar-refractivity contribution in [2.75, 3.05) is 38.6 Å². The molecule has 0 saturated carbocycles. The first kappa shape index (κ1) is 22.7. The molecule has 4 rings (SSSR count). The third-order valence-electron chi connectivity index (χ3n) is 5.99. The highest BCUT2D eigenvalue weighted by Crippen LogP contribution is 2.29. The normalized spacial score (nSPS) is 21.4. The van der Waals surface area contributed by atoms with E-state index in [2.05, 4.69) is 22.6 Å². The maximum Gasteiger partial charge on any atom is 0.272 e. The van der Waals surface area contributed by atoms with Gasteiger partial charge in [-0.05, 0) is 62.8 Å². The highest BCUT2D eigenvalue weighted by Gasteiger charge is 2.30. The summed E-state index contributed by atoms with van der Waals surface area (Å²) in [5.41, 5.74) is 3.19. The van der Waals surface area contributed by atoms with Gasteiger partial charge in [0.15, 0.2) is 5.11 Å². The molecule has 1 saturated heterocycles. The summed E-state index contributed by atoms with van der Waals surface area (Å²) in [6.45, 7) is 2.97. The predicted octanol–water partition coefficient (Wildman–Crippen LogP) is 3.29. The van der Waals surface area contributed by atoms with Crippen LogP contribution in [0.5, 0.6) is 0 Å². The van der Waals surface area contributed by atoms with E-state index in [4.69, 9.17) is 28.8 Å². The maximum absolute atomic E-state index is 13.3. The molecule has 0 radical (unpaired) electrons. The number of rotatable bonds is 4. The maximum atomic E-state index is 13.3. The van der Waals surface area contributed by atoms with Gasteiger partial charge in [-0.15, -0.1) is 0 Å². The molecule has 2 N–H and O–H groups in total. The number of carbonyl (C=O) groups excluding carboxylic acids is 1.